The van der Waals surface area contributed by atoms with Crippen molar-refractivity contribution in [3.8, 4) is 5.69 Å². The zero-order chi connectivity index (χ0) is 26.5. The second kappa shape index (κ2) is 7.71. The molecule has 4 heterocycles. The molecule has 3 aliphatic heterocycles. The first-order chi connectivity index (χ1) is 18.3. The first kappa shape index (κ1) is 23.0. The van der Waals surface area contributed by atoms with Gasteiger partial charge in [0.15, 0.2) is 0 Å². The number of rotatable bonds is 2. The SMILES string of the molecule is Cc1cccc(N2C(=O)[C@@H]3[C@@H](C(C)C)N[C@@]4(c5ccccc5-n5c4nc4ccccc4c5=O)[C@H]3C2=O)c1C. The van der Waals surface area contributed by atoms with Crippen molar-refractivity contribution in [2.45, 2.75) is 39.3 Å². The van der Waals surface area contributed by atoms with Crippen molar-refractivity contribution >= 4 is 28.4 Å². The van der Waals surface area contributed by atoms with Gasteiger partial charge in [-0.05, 0) is 55.2 Å². The Hall–Kier alpha value is -4.10. The number of amides is 2. The van der Waals surface area contributed by atoms with Crippen LogP contribution in [-0.2, 0) is 15.1 Å². The Morgan fingerprint density at radius 3 is 2.37 bits per heavy atom. The number of imide groups is 1. The van der Waals surface area contributed by atoms with Gasteiger partial charge in [-0.2, -0.15) is 0 Å². The molecular formula is C31H28N4O3. The predicted octanol–water partition coefficient (Wildman–Crippen LogP) is 3.99. The van der Waals surface area contributed by atoms with E-state index in [0.29, 0.717) is 28.1 Å². The van der Waals surface area contributed by atoms with Crippen LogP contribution in [0, 0.1) is 31.6 Å². The quantitative estimate of drug-likeness (QED) is 0.418. The molecule has 38 heavy (non-hydrogen) atoms. The minimum absolute atomic E-state index is 0.0607. The summed E-state index contributed by atoms with van der Waals surface area (Å²) in [5.74, 6) is -1.25. The Morgan fingerprint density at radius 1 is 0.868 bits per heavy atom. The number of nitrogens with one attached hydrogen (secondary N) is 1. The standard InChI is InChI=1S/C31H28N4O3/c1-16(2)26-24-25(29(38)34(28(24)37)22-15-9-10-17(3)18(22)4)31(33-26)20-12-6-8-14-23(20)35-27(36)19-11-5-7-13-21(19)32-30(31)35/h5-16,24-26,33H,1-4H3/t24-,25+,26+,31-/m0/s1. The van der Waals surface area contributed by atoms with Gasteiger partial charge in [-0.1, -0.05) is 56.3 Å². The first-order valence-corrected chi connectivity index (χ1v) is 13.1. The number of hydrogen-bond acceptors (Lipinski definition) is 5. The van der Waals surface area contributed by atoms with Gasteiger partial charge >= 0.3 is 0 Å². The van der Waals surface area contributed by atoms with E-state index in [2.05, 4.69) is 19.2 Å². The number of aromatic nitrogens is 2. The van der Waals surface area contributed by atoms with E-state index in [-0.39, 0.29) is 29.3 Å². The van der Waals surface area contributed by atoms with Gasteiger partial charge in [0, 0.05) is 11.6 Å². The molecule has 1 spiro atoms. The van der Waals surface area contributed by atoms with Gasteiger partial charge in [0.2, 0.25) is 11.8 Å². The number of carbonyl (C=O) groups excluding carboxylic acids is 2. The lowest BCUT2D eigenvalue weighted by Crippen LogP contribution is -2.51. The summed E-state index contributed by atoms with van der Waals surface area (Å²) >= 11 is 0. The molecule has 2 saturated heterocycles. The number of carbonyl (C=O) groups is 2. The highest BCUT2D eigenvalue weighted by molar-refractivity contribution is 6.23. The summed E-state index contributed by atoms with van der Waals surface area (Å²) in [6.07, 6.45) is 0. The average Bonchev–Trinajstić information content (AvgIpc) is 3.50. The Kier molecular flexibility index (Phi) is 4.68. The molecule has 4 aromatic rings. The van der Waals surface area contributed by atoms with Crippen LogP contribution in [0.15, 0.2) is 71.5 Å². The molecule has 3 aliphatic rings. The van der Waals surface area contributed by atoms with E-state index in [1.54, 1.807) is 10.6 Å². The van der Waals surface area contributed by atoms with Crippen molar-refractivity contribution in [1.29, 1.82) is 0 Å². The third-order valence-electron chi connectivity index (χ3n) is 8.83. The number of hydrogen-bond donors (Lipinski definition) is 1. The molecule has 7 heteroatoms. The first-order valence-electron chi connectivity index (χ1n) is 13.1. The lowest BCUT2D eigenvalue weighted by Gasteiger charge is -2.32. The fourth-order valence-corrected chi connectivity index (χ4v) is 6.94. The van der Waals surface area contributed by atoms with Crippen molar-refractivity contribution in [3.05, 3.63) is 99.6 Å². The summed E-state index contributed by atoms with van der Waals surface area (Å²) in [6.45, 7) is 8.05. The fraction of sp³-hybridized carbons (Fsp3) is 0.290. The zero-order valence-electron chi connectivity index (χ0n) is 21.7. The van der Waals surface area contributed by atoms with Crippen LogP contribution in [-0.4, -0.2) is 27.4 Å². The Bertz CT molecular complexity index is 1760. The molecule has 0 saturated carbocycles. The van der Waals surface area contributed by atoms with Crippen molar-refractivity contribution < 1.29 is 9.59 Å². The molecule has 1 aromatic heterocycles. The van der Waals surface area contributed by atoms with Crippen LogP contribution in [0.2, 0.25) is 0 Å². The van der Waals surface area contributed by atoms with E-state index >= 15 is 0 Å². The summed E-state index contributed by atoms with van der Waals surface area (Å²) in [4.78, 5) is 49.0. The van der Waals surface area contributed by atoms with Crippen LogP contribution in [0.4, 0.5) is 5.69 Å². The van der Waals surface area contributed by atoms with Crippen molar-refractivity contribution in [1.82, 2.24) is 14.9 Å². The molecule has 4 atom stereocenters. The van der Waals surface area contributed by atoms with Crippen LogP contribution in [0.3, 0.4) is 0 Å². The lowest BCUT2D eigenvalue weighted by molar-refractivity contribution is -0.123. The van der Waals surface area contributed by atoms with Crippen LogP contribution >= 0.6 is 0 Å². The zero-order valence-corrected chi connectivity index (χ0v) is 21.7. The number of benzene rings is 3. The third-order valence-corrected chi connectivity index (χ3v) is 8.83. The summed E-state index contributed by atoms with van der Waals surface area (Å²) in [7, 11) is 0. The van der Waals surface area contributed by atoms with Crippen molar-refractivity contribution in [3.63, 3.8) is 0 Å². The molecule has 0 aliphatic carbocycles. The van der Waals surface area contributed by atoms with E-state index in [4.69, 9.17) is 4.98 Å². The number of fused-ring (bicyclic) bond motifs is 8. The van der Waals surface area contributed by atoms with E-state index in [0.717, 1.165) is 16.7 Å². The number of para-hydroxylation sites is 2. The molecule has 0 unspecified atom stereocenters. The highest BCUT2D eigenvalue weighted by Crippen LogP contribution is 2.56. The maximum atomic E-state index is 14.5. The topological polar surface area (TPSA) is 84.3 Å². The Morgan fingerprint density at radius 2 is 1.58 bits per heavy atom. The second-order valence-electron chi connectivity index (χ2n) is 11.1. The van der Waals surface area contributed by atoms with E-state index in [1.165, 1.54) is 4.90 Å². The van der Waals surface area contributed by atoms with Crippen LogP contribution in [0.1, 0.15) is 36.4 Å². The molecule has 0 radical (unpaired) electrons. The minimum atomic E-state index is -1.11. The third kappa shape index (κ3) is 2.67. The van der Waals surface area contributed by atoms with Gasteiger partial charge in [-0.3, -0.25) is 24.3 Å². The highest BCUT2D eigenvalue weighted by atomic mass is 16.2. The molecule has 1 N–H and O–H groups in total. The second-order valence-corrected chi connectivity index (χ2v) is 11.1. The highest BCUT2D eigenvalue weighted by Gasteiger charge is 2.70. The minimum Gasteiger partial charge on any atom is -0.296 e. The maximum absolute atomic E-state index is 14.5. The van der Waals surface area contributed by atoms with Gasteiger partial charge in [0.1, 0.15) is 11.4 Å². The van der Waals surface area contributed by atoms with Crippen LogP contribution in [0.5, 0.6) is 0 Å². The molecule has 2 amide bonds. The normalized spacial score (nSPS) is 25.5. The average molecular weight is 505 g/mol. The number of nitrogens with zero attached hydrogens (tertiary/aromatic N) is 3. The Labute approximate surface area is 220 Å². The van der Waals surface area contributed by atoms with E-state index in [9.17, 15) is 14.4 Å². The monoisotopic (exact) mass is 504 g/mol. The summed E-state index contributed by atoms with van der Waals surface area (Å²) in [5, 5.41) is 4.26. The van der Waals surface area contributed by atoms with Crippen LogP contribution in [0.25, 0.3) is 16.6 Å². The summed E-state index contributed by atoms with van der Waals surface area (Å²) in [6, 6.07) is 20.4. The summed E-state index contributed by atoms with van der Waals surface area (Å²) in [5.41, 5.74) is 3.35. The number of anilines is 1. The van der Waals surface area contributed by atoms with Gasteiger partial charge in [-0.15, -0.1) is 0 Å². The summed E-state index contributed by atoms with van der Waals surface area (Å²) < 4.78 is 1.64. The maximum Gasteiger partial charge on any atom is 0.266 e. The smallest absolute Gasteiger partial charge is 0.266 e. The molecule has 7 nitrogen and oxygen atoms in total. The number of aryl methyl sites for hydroxylation is 1. The molecule has 7 rings (SSSR count). The molecule has 190 valence electrons. The van der Waals surface area contributed by atoms with Gasteiger partial charge in [0.25, 0.3) is 5.56 Å². The van der Waals surface area contributed by atoms with E-state index in [1.807, 2.05) is 74.5 Å². The molecule has 0 bridgehead atoms. The Balaban J connectivity index is 1.54. The molecular weight excluding hydrogens is 476 g/mol. The van der Waals surface area contributed by atoms with Crippen molar-refractivity contribution in [2.75, 3.05) is 4.90 Å². The predicted molar refractivity (Wildman–Crippen MR) is 145 cm³/mol. The fourth-order valence-electron chi connectivity index (χ4n) is 6.94. The molecule has 2 fully saturated rings. The lowest BCUT2D eigenvalue weighted by atomic mass is 9.75. The molecule has 3 aromatic carbocycles. The van der Waals surface area contributed by atoms with Crippen LogP contribution < -0.4 is 15.8 Å². The largest absolute Gasteiger partial charge is 0.296 e. The van der Waals surface area contributed by atoms with E-state index < -0.39 is 17.4 Å². The van der Waals surface area contributed by atoms with Gasteiger partial charge in [0.05, 0.1) is 34.1 Å². The van der Waals surface area contributed by atoms with Crippen molar-refractivity contribution in [2.24, 2.45) is 17.8 Å². The van der Waals surface area contributed by atoms with Gasteiger partial charge in [-0.25, -0.2) is 9.88 Å². The van der Waals surface area contributed by atoms with Gasteiger partial charge < -0.3 is 0 Å².